The number of hydrogen-bond acceptors (Lipinski definition) is 3. The molecule has 2 aromatic carbocycles. The smallest absolute Gasteiger partial charge is 0.256 e. The van der Waals surface area contributed by atoms with Crippen LogP contribution in [-0.2, 0) is 15.3 Å². The summed E-state index contributed by atoms with van der Waals surface area (Å²) in [6.07, 6.45) is 0. The minimum atomic E-state index is -3.45. The predicted molar refractivity (Wildman–Crippen MR) is 97.3 cm³/mol. The van der Waals surface area contributed by atoms with E-state index < -0.39 is 15.7 Å². The molecule has 0 aliphatic carbocycles. The van der Waals surface area contributed by atoms with Crippen LogP contribution in [0.3, 0.4) is 0 Å². The molecule has 2 rings (SSSR count). The number of hydrogen-bond donors (Lipinski definition) is 1. The van der Waals surface area contributed by atoms with E-state index in [-0.39, 0.29) is 21.6 Å². The van der Waals surface area contributed by atoms with Gasteiger partial charge >= 0.3 is 0 Å². The Labute approximate surface area is 143 Å². The number of carbonyl (C=O) groups is 1. The van der Waals surface area contributed by atoms with Crippen LogP contribution in [0.1, 0.15) is 43.6 Å². The van der Waals surface area contributed by atoms with Gasteiger partial charge in [-0.25, -0.2) is 8.42 Å². The van der Waals surface area contributed by atoms with Crippen molar-refractivity contribution in [1.29, 1.82) is 0 Å². The predicted octanol–water partition coefficient (Wildman–Crippen LogP) is 4.03. The van der Waals surface area contributed by atoms with Crippen LogP contribution in [0.5, 0.6) is 0 Å². The quantitative estimate of drug-likeness (QED) is 0.910. The molecule has 128 valence electrons. The molecule has 0 spiro atoms. The summed E-state index contributed by atoms with van der Waals surface area (Å²) >= 11 is 0. The second-order valence-electron chi connectivity index (χ2n) is 6.68. The molecule has 0 radical (unpaired) electrons. The molecule has 0 saturated heterocycles. The molecule has 5 heteroatoms. The van der Waals surface area contributed by atoms with Crippen molar-refractivity contribution in [1.82, 2.24) is 0 Å². The van der Waals surface area contributed by atoms with Crippen molar-refractivity contribution in [2.24, 2.45) is 0 Å². The minimum absolute atomic E-state index is 0.0321. The van der Waals surface area contributed by atoms with E-state index in [1.54, 1.807) is 19.1 Å². The summed E-state index contributed by atoms with van der Waals surface area (Å²) in [6, 6.07) is 13.9. The van der Waals surface area contributed by atoms with E-state index in [4.69, 9.17) is 0 Å². The van der Waals surface area contributed by atoms with Gasteiger partial charge in [-0.15, -0.1) is 0 Å². The Morgan fingerprint density at radius 1 is 1.00 bits per heavy atom. The molecule has 1 amide bonds. The van der Waals surface area contributed by atoms with Gasteiger partial charge in [-0.2, -0.15) is 0 Å². The third kappa shape index (κ3) is 4.03. The van der Waals surface area contributed by atoms with Crippen LogP contribution in [0.4, 0.5) is 5.69 Å². The lowest BCUT2D eigenvalue weighted by Gasteiger charge is -2.19. The van der Waals surface area contributed by atoms with Gasteiger partial charge in [0.05, 0.1) is 16.2 Å². The normalized spacial score (nSPS) is 12.0. The van der Waals surface area contributed by atoms with Crippen LogP contribution < -0.4 is 5.32 Å². The van der Waals surface area contributed by atoms with E-state index in [0.717, 1.165) is 5.56 Å². The SMILES string of the molecule is CCS(=O)(=O)c1ccccc1C(=O)Nc1ccc(C(C)(C)C)cc1. The molecule has 1 N–H and O–H groups in total. The first-order valence-electron chi connectivity index (χ1n) is 7.89. The highest BCUT2D eigenvalue weighted by molar-refractivity contribution is 7.91. The molecule has 0 aliphatic heterocycles. The van der Waals surface area contributed by atoms with Crippen molar-refractivity contribution >= 4 is 21.4 Å². The van der Waals surface area contributed by atoms with Crippen molar-refractivity contribution in [3.8, 4) is 0 Å². The van der Waals surface area contributed by atoms with Gasteiger partial charge in [0.15, 0.2) is 9.84 Å². The largest absolute Gasteiger partial charge is 0.322 e. The highest BCUT2D eigenvalue weighted by Crippen LogP contribution is 2.24. The van der Waals surface area contributed by atoms with Gasteiger partial charge < -0.3 is 5.32 Å². The lowest BCUT2D eigenvalue weighted by molar-refractivity contribution is 0.102. The van der Waals surface area contributed by atoms with E-state index in [2.05, 4.69) is 26.1 Å². The van der Waals surface area contributed by atoms with Gasteiger partial charge in [-0.05, 0) is 35.2 Å². The lowest BCUT2D eigenvalue weighted by atomic mass is 9.87. The van der Waals surface area contributed by atoms with Gasteiger partial charge in [-0.1, -0.05) is 52.0 Å². The summed E-state index contributed by atoms with van der Waals surface area (Å²) in [5.41, 5.74) is 2.00. The Hall–Kier alpha value is -2.14. The summed E-state index contributed by atoms with van der Waals surface area (Å²) in [5, 5.41) is 2.77. The number of benzene rings is 2. The molecule has 0 fully saturated rings. The molecule has 2 aromatic rings. The molecule has 24 heavy (non-hydrogen) atoms. The summed E-state index contributed by atoms with van der Waals surface area (Å²) in [6.45, 7) is 7.92. The number of sulfone groups is 1. The molecule has 0 saturated carbocycles. The average Bonchev–Trinajstić information content (AvgIpc) is 2.54. The Morgan fingerprint density at radius 2 is 1.58 bits per heavy atom. The van der Waals surface area contributed by atoms with Crippen LogP contribution in [0.25, 0.3) is 0 Å². The summed E-state index contributed by atoms with van der Waals surface area (Å²) in [5.74, 6) is -0.469. The van der Waals surface area contributed by atoms with Crippen molar-refractivity contribution in [2.45, 2.75) is 38.0 Å². The van der Waals surface area contributed by atoms with E-state index >= 15 is 0 Å². The van der Waals surface area contributed by atoms with Crippen LogP contribution in [-0.4, -0.2) is 20.1 Å². The van der Waals surface area contributed by atoms with Crippen LogP contribution in [0.2, 0.25) is 0 Å². The fourth-order valence-corrected chi connectivity index (χ4v) is 3.43. The molecule has 4 nitrogen and oxygen atoms in total. The van der Waals surface area contributed by atoms with Crippen molar-refractivity contribution in [3.05, 3.63) is 59.7 Å². The summed E-state index contributed by atoms with van der Waals surface area (Å²) < 4.78 is 24.3. The number of rotatable bonds is 4. The molecular weight excluding hydrogens is 322 g/mol. The average molecular weight is 345 g/mol. The fourth-order valence-electron chi connectivity index (χ4n) is 2.33. The first kappa shape index (κ1) is 18.2. The molecule has 0 aromatic heterocycles. The number of carbonyl (C=O) groups excluding carboxylic acids is 1. The van der Waals surface area contributed by atoms with Crippen LogP contribution >= 0.6 is 0 Å². The highest BCUT2D eigenvalue weighted by atomic mass is 32.2. The molecule has 0 bridgehead atoms. The lowest BCUT2D eigenvalue weighted by Crippen LogP contribution is -2.17. The highest BCUT2D eigenvalue weighted by Gasteiger charge is 2.20. The fraction of sp³-hybridized carbons (Fsp3) is 0.316. The molecule has 0 atom stereocenters. The zero-order valence-corrected chi connectivity index (χ0v) is 15.3. The third-order valence-corrected chi connectivity index (χ3v) is 5.64. The Bertz CT molecular complexity index is 832. The first-order valence-corrected chi connectivity index (χ1v) is 9.54. The minimum Gasteiger partial charge on any atom is -0.322 e. The number of amides is 1. The van der Waals surface area contributed by atoms with Crippen LogP contribution in [0, 0.1) is 0 Å². The van der Waals surface area contributed by atoms with Gasteiger partial charge in [0.2, 0.25) is 0 Å². The monoisotopic (exact) mass is 345 g/mol. The van der Waals surface area contributed by atoms with E-state index in [9.17, 15) is 13.2 Å². The molecule has 0 aliphatic rings. The zero-order valence-electron chi connectivity index (χ0n) is 14.5. The van der Waals surface area contributed by atoms with Crippen molar-refractivity contribution in [3.63, 3.8) is 0 Å². The molecular formula is C19H23NO3S. The molecule has 0 heterocycles. The standard InChI is InChI=1S/C19H23NO3S/c1-5-24(22,23)17-9-7-6-8-16(17)18(21)20-15-12-10-14(11-13-15)19(2,3)4/h6-13H,5H2,1-4H3,(H,20,21). The maximum Gasteiger partial charge on any atom is 0.256 e. The van der Waals surface area contributed by atoms with Crippen molar-refractivity contribution < 1.29 is 13.2 Å². The number of anilines is 1. The second kappa shape index (κ2) is 6.77. The second-order valence-corrected chi connectivity index (χ2v) is 8.93. The Balaban J connectivity index is 2.29. The van der Waals surface area contributed by atoms with E-state index in [1.165, 1.54) is 12.1 Å². The van der Waals surface area contributed by atoms with E-state index in [1.807, 2.05) is 24.3 Å². The Kier molecular flexibility index (Phi) is 5.13. The van der Waals surface area contributed by atoms with Crippen molar-refractivity contribution in [2.75, 3.05) is 11.1 Å². The van der Waals surface area contributed by atoms with Gasteiger partial charge in [0.1, 0.15) is 0 Å². The van der Waals surface area contributed by atoms with Crippen LogP contribution in [0.15, 0.2) is 53.4 Å². The van der Waals surface area contributed by atoms with Gasteiger partial charge in [-0.3, -0.25) is 4.79 Å². The van der Waals surface area contributed by atoms with Gasteiger partial charge in [0.25, 0.3) is 5.91 Å². The summed E-state index contributed by atoms with van der Waals surface area (Å²) in [7, 11) is -3.45. The van der Waals surface area contributed by atoms with Gasteiger partial charge in [0, 0.05) is 5.69 Å². The Morgan fingerprint density at radius 3 is 2.12 bits per heavy atom. The number of nitrogens with one attached hydrogen (secondary N) is 1. The maximum atomic E-state index is 12.5. The topological polar surface area (TPSA) is 63.2 Å². The first-order chi connectivity index (χ1) is 11.1. The third-order valence-electron chi connectivity index (χ3n) is 3.86. The zero-order chi connectivity index (χ0) is 18.0. The summed E-state index contributed by atoms with van der Waals surface area (Å²) in [4.78, 5) is 12.6. The molecule has 0 unspecified atom stereocenters. The van der Waals surface area contributed by atoms with E-state index in [0.29, 0.717) is 5.69 Å². The maximum absolute atomic E-state index is 12.5.